The molecular formula is C14H23N3O. The van der Waals surface area contributed by atoms with Crippen LogP contribution in [0.5, 0.6) is 0 Å². The Kier molecular flexibility index (Phi) is 2.25. The van der Waals surface area contributed by atoms with Crippen LogP contribution in [0.25, 0.3) is 0 Å². The Balaban J connectivity index is 1.79. The SMILES string of the molecule is NC12CN3CCN(C1)CC(C1CCCC1)(C3)C2=O. The fraction of sp³-hybridized carbons (Fsp3) is 0.929. The van der Waals surface area contributed by atoms with Gasteiger partial charge in [-0.15, -0.1) is 0 Å². The van der Waals surface area contributed by atoms with E-state index in [0.29, 0.717) is 11.7 Å². The molecule has 18 heavy (non-hydrogen) atoms. The van der Waals surface area contributed by atoms with Crippen LogP contribution in [0.1, 0.15) is 25.7 Å². The Morgan fingerprint density at radius 2 is 1.56 bits per heavy atom. The normalized spacial score (nSPS) is 51.9. The highest BCUT2D eigenvalue weighted by Crippen LogP contribution is 2.49. The number of ketones is 1. The van der Waals surface area contributed by atoms with Crippen molar-refractivity contribution in [2.24, 2.45) is 17.1 Å². The Bertz CT molecular complexity index is 373. The minimum atomic E-state index is -0.574. The zero-order valence-electron chi connectivity index (χ0n) is 11.0. The molecule has 2 atom stereocenters. The number of hydrogen-bond acceptors (Lipinski definition) is 4. The molecule has 0 aromatic rings. The van der Waals surface area contributed by atoms with Gasteiger partial charge in [0.25, 0.3) is 0 Å². The maximum Gasteiger partial charge on any atom is 0.164 e. The monoisotopic (exact) mass is 249 g/mol. The van der Waals surface area contributed by atoms with Crippen molar-refractivity contribution in [2.75, 3.05) is 39.3 Å². The molecule has 5 fully saturated rings. The number of rotatable bonds is 1. The van der Waals surface area contributed by atoms with E-state index in [1.807, 2.05) is 0 Å². The number of nitrogens with two attached hydrogens (primary N) is 1. The second-order valence-electron chi connectivity index (χ2n) is 7.04. The molecule has 1 saturated carbocycles. The molecule has 0 aromatic carbocycles. The second-order valence-corrected chi connectivity index (χ2v) is 7.04. The Hall–Kier alpha value is -0.450. The summed E-state index contributed by atoms with van der Waals surface area (Å²) in [6.45, 7) is 5.73. The number of carbonyl (C=O) groups excluding carboxylic acids is 1. The van der Waals surface area contributed by atoms with E-state index in [0.717, 1.165) is 39.3 Å². The highest BCUT2D eigenvalue weighted by molar-refractivity contribution is 5.96. The van der Waals surface area contributed by atoms with Gasteiger partial charge in [-0.25, -0.2) is 0 Å². The van der Waals surface area contributed by atoms with Gasteiger partial charge >= 0.3 is 0 Å². The van der Waals surface area contributed by atoms with Crippen molar-refractivity contribution in [3.63, 3.8) is 0 Å². The molecule has 4 aliphatic heterocycles. The maximum atomic E-state index is 13.0. The summed E-state index contributed by atoms with van der Waals surface area (Å²) in [6.07, 6.45) is 5.08. The largest absolute Gasteiger partial charge is 0.317 e. The minimum Gasteiger partial charge on any atom is -0.317 e. The zero-order chi connectivity index (χ0) is 12.4. The van der Waals surface area contributed by atoms with Crippen molar-refractivity contribution in [1.29, 1.82) is 0 Å². The smallest absolute Gasteiger partial charge is 0.164 e. The van der Waals surface area contributed by atoms with Crippen LogP contribution >= 0.6 is 0 Å². The number of piperidine rings is 2. The maximum absolute atomic E-state index is 13.0. The van der Waals surface area contributed by atoms with Crippen LogP contribution in [0, 0.1) is 11.3 Å². The summed E-state index contributed by atoms with van der Waals surface area (Å²) in [4.78, 5) is 17.9. The summed E-state index contributed by atoms with van der Waals surface area (Å²) in [6, 6.07) is 0. The molecule has 2 unspecified atom stereocenters. The average molecular weight is 249 g/mol. The summed E-state index contributed by atoms with van der Waals surface area (Å²) in [5, 5.41) is 0. The first kappa shape index (κ1) is 11.4. The Labute approximate surface area is 108 Å². The lowest BCUT2D eigenvalue weighted by atomic mass is 9.61. The first-order valence-corrected chi connectivity index (χ1v) is 7.41. The molecule has 0 spiro atoms. The predicted molar refractivity (Wildman–Crippen MR) is 69.2 cm³/mol. The topological polar surface area (TPSA) is 49.6 Å². The number of fused-ring (bicyclic) bond motifs is 1. The van der Waals surface area contributed by atoms with Gasteiger partial charge in [-0.1, -0.05) is 12.8 Å². The molecule has 5 aliphatic rings. The van der Waals surface area contributed by atoms with Crippen molar-refractivity contribution in [3.05, 3.63) is 0 Å². The van der Waals surface area contributed by atoms with Gasteiger partial charge in [0.2, 0.25) is 0 Å². The van der Waals surface area contributed by atoms with Crippen molar-refractivity contribution in [1.82, 2.24) is 9.80 Å². The van der Waals surface area contributed by atoms with E-state index < -0.39 is 5.54 Å². The molecule has 4 saturated heterocycles. The quantitative estimate of drug-likeness (QED) is 0.715. The average Bonchev–Trinajstić information content (AvgIpc) is 2.75. The molecule has 0 aromatic heterocycles. The Morgan fingerprint density at radius 3 is 2.11 bits per heavy atom. The van der Waals surface area contributed by atoms with Crippen LogP contribution in [-0.4, -0.2) is 60.4 Å². The van der Waals surface area contributed by atoms with E-state index in [9.17, 15) is 4.79 Å². The molecular weight excluding hydrogens is 226 g/mol. The molecule has 4 bridgehead atoms. The third-order valence-corrected chi connectivity index (χ3v) is 5.80. The summed E-state index contributed by atoms with van der Waals surface area (Å²) in [5.74, 6) is 0.993. The van der Waals surface area contributed by atoms with Gasteiger partial charge in [-0.3, -0.25) is 14.6 Å². The lowest BCUT2D eigenvalue weighted by Crippen LogP contribution is -2.76. The molecule has 4 nitrogen and oxygen atoms in total. The van der Waals surface area contributed by atoms with Crippen LogP contribution in [0.4, 0.5) is 0 Å². The van der Waals surface area contributed by atoms with Gasteiger partial charge in [0, 0.05) is 39.3 Å². The lowest BCUT2D eigenvalue weighted by molar-refractivity contribution is -0.152. The zero-order valence-corrected chi connectivity index (χ0v) is 11.0. The van der Waals surface area contributed by atoms with Crippen LogP contribution in [0.15, 0.2) is 0 Å². The van der Waals surface area contributed by atoms with Gasteiger partial charge in [0.15, 0.2) is 5.78 Å². The molecule has 0 amide bonds. The van der Waals surface area contributed by atoms with Crippen LogP contribution < -0.4 is 5.73 Å². The van der Waals surface area contributed by atoms with Crippen LogP contribution in [0.3, 0.4) is 0 Å². The summed E-state index contributed by atoms with van der Waals surface area (Å²) >= 11 is 0. The molecule has 2 N–H and O–H groups in total. The second kappa shape index (κ2) is 3.56. The van der Waals surface area contributed by atoms with Gasteiger partial charge in [0.1, 0.15) is 5.54 Å². The van der Waals surface area contributed by atoms with E-state index in [-0.39, 0.29) is 5.41 Å². The number of hydrogen-bond donors (Lipinski definition) is 1. The first-order chi connectivity index (χ1) is 8.62. The van der Waals surface area contributed by atoms with E-state index in [4.69, 9.17) is 5.73 Å². The molecule has 4 heteroatoms. The standard InChI is InChI=1S/C14H23N3O/c15-14-9-16-5-6-17(10-14)8-13(7-16,12(14)18)11-3-1-2-4-11/h11H,1-10,15H2. The summed E-state index contributed by atoms with van der Waals surface area (Å²) in [5.41, 5.74) is 5.78. The highest BCUT2D eigenvalue weighted by atomic mass is 16.1. The van der Waals surface area contributed by atoms with Crippen molar-refractivity contribution >= 4 is 5.78 Å². The number of nitrogens with zero attached hydrogens (tertiary/aromatic N) is 2. The molecule has 5 rings (SSSR count). The predicted octanol–water partition coefficient (Wildman–Crippen LogP) is 0.0744. The minimum absolute atomic E-state index is 0.127. The first-order valence-electron chi connectivity index (χ1n) is 7.41. The van der Waals surface area contributed by atoms with Crippen LogP contribution in [-0.2, 0) is 4.79 Å². The highest BCUT2D eigenvalue weighted by Gasteiger charge is 2.62. The van der Waals surface area contributed by atoms with Crippen molar-refractivity contribution in [3.8, 4) is 0 Å². The lowest BCUT2D eigenvalue weighted by Gasteiger charge is -2.55. The summed E-state index contributed by atoms with van der Waals surface area (Å²) < 4.78 is 0. The van der Waals surface area contributed by atoms with E-state index >= 15 is 0 Å². The number of Topliss-reactive ketones (excluding diaryl/α,β-unsaturated/α-hetero) is 1. The van der Waals surface area contributed by atoms with Gasteiger partial charge in [0.05, 0.1) is 5.41 Å². The fourth-order valence-corrected chi connectivity index (χ4v) is 5.11. The fourth-order valence-electron chi connectivity index (χ4n) is 5.11. The van der Waals surface area contributed by atoms with Gasteiger partial charge in [-0.2, -0.15) is 0 Å². The third-order valence-electron chi connectivity index (χ3n) is 5.80. The van der Waals surface area contributed by atoms with Crippen molar-refractivity contribution < 1.29 is 4.79 Å². The Morgan fingerprint density at radius 1 is 1.00 bits per heavy atom. The van der Waals surface area contributed by atoms with E-state index in [1.54, 1.807) is 0 Å². The van der Waals surface area contributed by atoms with Crippen LogP contribution in [0.2, 0.25) is 0 Å². The van der Waals surface area contributed by atoms with Gasteiger partial charge in [-0.05, 0) is 18.8 Å². The third kappa shape index (κ3) is 1.34. The summed E-state index contributed by atoms with van der Waals surface area (Å²) in [7, 11) is 0. The van der Waals surface area contributed by atoms with E-state index in [2.05, 4.69) is 9.80 Å². The molecule has 100 valence electrons. The number of carbonyl (C=O) groups is 1. The van der Waals surface area contributed by atoms with Gasteiger partial charge < -0.3 is 5.73 Å². The molecule has 1 aliphatic carbocycles. The van der Waals surface area contributed by atoms with Crippen molar-refractivity contribution in [2.45, 2.75) is 31.2 Å². The molecule has 4 heterocycles. The molecule has 0 radical (unpaired) electrons. The van der Waals surface area contributed by atoms with E-state index in [1.165, 1.54) is 25.7 Å².